The number of benzene rings is 2. The number of imide groups is 1. The fourth-order valence-corrected chi connectivity index (χ4v) is 3.11. The molecule has 0 spiro atoms. The van der Waals surface area contributed by atoms with Crippen LogP contribution in [0.25, 0.3) is 11.1 Å². The first-order valence-corrected chi connectivity index (χ1v) is 8.52. The van der Waals surface area contributed by atoms with Crippen molar-refractivity contribution in [2.45, 2.75) is 18.9 Å². The standard InChI is InChI=1S/C20H20N2O5/c1-12(23)26-11-18(21)19(24)22-20(25)27-10-17-15-8-4-2-6-13(15)14-7-3-5-9-16(14)17/h2-9,17-18H,10-11,21H2,1H3,(H,22,24,25)/t18-/m0/s1. The monoisotopic (exact) mass is 368 g/mol. The van der Waals surface area contributed by atoms with E-state index in [9.17, 15) is 14.4 Å². The molecule has 3 rings (SSSR count). The number of hydrogen-bond donors (Lipinski definition) is 2. The average Bonchev–Trinajstić information content (AvgIpc) is 2.98. The van der Waals surface area contributed by atoms with Crippen molar-refractivity contribution < 1.29 is 23.9 Å². The highest BCUT2D eigenvalue weighted by atomic mass is 16.6. The van der Waals surface area contributed by atoms with E-state index in [2.05, 4.69) is 10.1 Å². The number of nitrogens with one attached hydrogen (secondary N) is 1. The summed E-state index contributed by atoms with van der Waals surface area (Å²) < 4.78 is 9.90. The minimum absolute atomic E-state index is 0.0896. The molecule has 3 N–H and O–H groups in total. The van der Waals surface area contributed by atoms with Crippen LogP contribution in [0.5, 0.6) is 0 Å². The van der Waals surface area contributed by atoms with Gasteiger partial charge in [-0.3, -0.25) is 14.9 Å². The number of rotatable bonds is 5. The van der Waals surface area contributed by atoms with Gasteiger partial charge in [0.15, 0.2) is 0 Å². The molecule has 140 valence electrons. The van der Waals surface area contributed by atoms with Crippen molar-refractivity contribution in [2.24, 2.45) is 5.73 Å². The molecule has 0 saturated carbocycles. The van der Waals surface area contributed by atoms with Crippen LogP contribution in [-0.2, 0) is 19.1 Å². The van der Waals surface area contributed by atoms with Crippen molar-refractivity contribution in [3.8, 4) is 11.1 Å². The van der Waals surface area contributed by atoms with Gasteiger partial charge < -0.3 is 15.2 Å². The average molecular weight is 368 g/mol. The first-order valence-electron chi connectivity index (χ1n) is 8.52. The lowest BCUT2D eigenvalue weighted by Gasteiger charge is -2.15. The molecule has 7 nitrogen and oxygen atoms in total. The van der Waals surface area contributed by atoms with Gasteiger partial charge in [-0.2, -0.15) is 0 Å². The fraction of sp³-hybridized carbons (Fsp3) is 0.250. The van der Waals surface area contributed by atoms with Crippen molar-refractivity contribution in [1.82, 2.24) is 5.32 Å². The second kappa shape index (κ2) is 8.01. The molecule has 1 atom stereocenters. The van der Waals surface area contributed by atoms with E-state index < -0.39 is 24.0 Å². The van der Waals surface area contributed by atoms with Gasteiger partial charge in [0.2, 0.25) is 5.91 Å². The maximum atomic E-state index is 12.0. The predicted molar refractivity (Wildman–Crippen MR) is 97.8 cm³/mol. The Morgan fingerprint density at radius 2 is 1.56 bits per heavy atom. The molecule has 0 fully saturated rings. The summed E-state index contributed by atoms with van der Waals surface area (Å²) in [6.45, 7) is 0.986. The predicted octanol–water partition coefficient (Wildman–Crippen LogP) is 1.94. The van der Waals surface area contributed by atoms with Gasteiger partial charge in [-0.15, -0.1) is 0 Å². The Morgan fingerprint density at radius 1 is 1.00 bits per heavy atom. The Balaban J connectivity index is 1.61. The molecule has 2 aromatic carbocycles. The summed E-state index contributed by atoms with van der Waals surface area (Å²) in [7, 11) is 0. The van der Waals surface area contributed by atoms with Crippen LogP contribution in [0.3, 0.4) is 0 Å². The van der Waals surface area contributed by atoms with Gasteiger partial charge in [0.25, 0.3) is 0 Å². The van der Waals surface area contributed by atoms with Crippen molar-refractivity contribution in [2.75, 3.05) is 13.2 Å². The van der Waals surface area contributed by atoms with E-state index in [0.29, 0.717) is 0 Å². The lowest BCUT2D eigenvalue weighted by atomic mass is 9.98. The number of ether oxygens (including phenoxy) is 2. The van der Waals surface area contributed by atoms with Crippen LogP contribution >= 0.6 is 0 Å². The lowest BCUT2D eigenvalue weighted by Crippen LogP contribution is -2.46. The molecule has 0 unspecified atom stereocenters. The third-order valence-electron chi connectivity index (χ3n) is 4.37. The lowest BCUT2D eigenvalue weighted by molar-refractivity contribution is -0.142. The Kier molecular flexibility index (Phi) is 5.52. The molecule has 27 heavy (non-hydrogen) atoms. The Labute approximate surface area is 156 Å². The summed E-state index contributed by atoms with van der Waals surface area (Å²) in [5.41, 5.74) is 9.93. The van der Waals surface area contributed by atoms with Crippen molar-refractivity contribution in [3.63, 3.8) is 0 Å². The fourth-order valence-electron chi connectivity index (χ4n) is 3.11. The quantitative estimate of drug-likeness (QED) is 0.781. The van der Waals surface area contributed by atoms with Crippen molar-refractivity contribution in [3.05, 3.63) is 59.7 Å². The molecule has 7 heteroatoms. The Morgan fingerprint density at radius 3 is 2.11 bits per heavy atom. The highest BCUT2D eigenvalue weighted by molar-refractivity contribution is 5.95. The highest BCUT2D eigenvalue weighted by Crippen LogP contribution is 2.44. The van der Waals surface area contributed by atoms with Crippen molar-refractivity contribution in [1.29, 1.82) is 0 Å². The van der Waals surface area contributed by atoms with Gasteiger partial charge in [-0.1, -0.05) is 48.5 Å². The third-order valence-corrected chi connectivity index (χ3v) is 4.37. The molecule has 0 aliphatic heterocycles. The molecule has 0 bridgehead atoms. The van der Waals surface area contributed by atoms with Gasteiger partial charge in [-0.05, 0) is 22.3 Å². The number of hydrogen-bond acceptors (Lipinski definition) is 6. The number of carbonyl (C=O) groups is 3. The van der Waals surface area contributed by atoms with E-state index >= 15 is 0 Å². The number of esters is 1. The van der Waals surface area contributed by atoms with Crippen LogP contribution in [0, 0.1) is 0 Å². The maximum Gasteiger partial charge on any atom is 0.413 e. The third kappa shape index (κ3) is 4.15. The zero-order valence-corrected chi connectivity index (χ0v) is 14.8. The highest BCUT2D eigenvalue weighted by Gasteiger charge is 2.29. The summed E-state index contributed by atoms with van der Waals surface area (Å²) in [6.07, 6.45) is -0.889. The number of fused-ring (bicyclic) bond motifs is 3. The SMILES string of the molecule is CC(=O)OC[C@H](N)C(=O)NC(=O)OCC1c2ccccc2-c2ccccc21. The molecule has 2 aromatic rings. The van der Waals surface area contributed by atoms with Gasteiger partial charge in [0.1, 0.15) is 19.3 Å². The van der Waals surface area contributed by atoms with Gasteiger partial charge in [0.05, 0.1) is 0 Å². The van der Waals surface area contributed by atoms with E-state index in [1.165, 1.54) is 6.92 Å². The molecular formula is C20H20N2O5. The summed E-state index contributed by atoms with van der Waals surface area (Å²) in [5, 5.41) is 2.06. The van der Waals surface area contributed by atoms with E-state index in [1.807, 2.05) is 48.5 Å². The topological polar surface area (TPSA) is 108 Å². The molecule has 0 radical (unpaired) electrons. The summed E-state index contributed by atoms with van der Waals surface area (Å²) in [6, 6.07) is 14.7. The smallest absolute Gasteiger partial charge is 0.413 e. The van der Waals surface area contributed by atoms with Gasteiger partial charge >= 0.3 is 12.1 Å². The van der Waals surface area contributed by atoms with Crippen LogP contribution < -0.4 is 11.1 Å². The number of alkyl carbamates (subject to hydrolysis) is 1. The molecule has 2 amide bonds. The van der Waals surface area contributed by atoms with Crippen LogP contribution in [0.4, 0.5) is 4.79 Å². The molecule has 1 aliphatic carbocycles. The summed E-state index contributed by atoms with van der Waals surface area (Å²) >= 11 is 0. The van der Waals surface area contributed by atoms with Crippen molar-refractivity contribution >= 4 is 18.0 Å². The number of carbonyl (C=O) groups excluding carboxylic acids is 3. The van der Waals surface area contributed by atoms with E-state index in [0.717, 1.165) is 22.3 Å². The van der Waals surface area contributed by atoms with E-state index in [-0.39, 0.29) is 19.1 Å². The van der Waals surface area contributed by atoms with Crippen LogP contribution in [0.15, 0.2) is 48.5 Å². The number of amides is 2. The first-order chi connectivity index (χ1) is 13.0. The number of nitrogens with two attached hydrogens (primary N) is 1. The summed E-state index contributed by atoms with van der Waals surface area (Å²) in [4.78, 5) is 34.5. The maximum absolute atomic E-state index is 12.0. The molecule has 0 aromatic heterocycles. The summed E-state index contributed by atoms with van der Waals surface area (Å²) in [5.74, 6) is -1.43. The van der Waals surface area contributed by atoms with E-state index in [4.69, 9.17) is 10.5 Å². The molecule has 1 aliphatic rings. The normalized spacial score (nSPS) is 13.3. The Hall–Kier alpha value is -3.19. The second-order valence-corrected chi connectivity index (χ2v) is 6.22. The van der Waals surface area contributed by atoms with Gasteiger partial charge in [0, 0.05) is 12.8 Å². The van der Waals surface area contributed by atoms with Gasteiger partial charge in [-0.25, -0.2) is 4.79 Å². The largest absolute Gasteiger partial charge is 0.464 e. The minimum atomic E-state index is -1.14. The Bertz CT molecular complexity index is 835. The zero-order valence-electron chi connectivity index (χ0n) is 14.8. The zero-order chi connectivity index (χ0) is 19.4. The molecular weight excluding hydrogens is 348 g/mol. The molecule has 0 heterocycles. The van der Waals surface area contributed by atoms with Crippen LogP contribution in [0.1, 0.15) is 24.0 Å². The minimum Gasteiger partial charge on any atom is -0.464 e. The van der Waals surface area contributed by atoms with E-state index in [1.54, 1.807) is 0 Å². The second-order valence-electron chi connectivity index (χ2n) is 6.22. The molecule has 0 saturated heterocycles. The van der Waals surface area contributed by atoms with Crippen LogP contribution in [0.2, 0.25) is 0 Å². The van der Waals surface area contributed by atoms with Crippen LogP contribution in [-0.4, -0.2) is 37.2 Å². The first kappa shape index (κ1) is 18.6.